The Morgan fingerprint density at radius 2 is 1.03 bits per heavy atom. The fraction of sp³-hybridized carbons (Fsp3) is 0.682. The molecule has 0 saturated carbocycles. The molecule has 0 radical (unpaired) electrons. The number of benzene rings is 1. The number of hydrogen-bond donors (Lipinski definition) is 8. The molecule has 1 aromatic carbocycles. The van der Waals surface area contributed by atoms with Gasteiger partial charge in [-0.2, -0.15) is 30.0 Å². The molecule has 0 bridgehead atoms. The van der Waals surface area contributed by atoms with E-state index in [0.717, 1.165) is 234 Å². The normalized spacial score (nSPS) is 17.1. The number of nitrogens with zero attached hydrogens (tertiary/aromatic N) is 21. The highest BCUT2D eigenvalue weighted by molar-refractivity contribution is 6.03. The van der Waals surface area contributed by atoms with Crippen molar-refractivity contribution in [1.82, 2.24) is 133 Å². The van der Waals surface area contributed by atoms with E-state index in [1.54, 1.807) is 41.4 Å². The number of carbonyl (C=O) groups is 3. The van der Waals surface area contributed by atoms with Crippen molar-refractivity contribution in [3.8, 4) is 0 Å². The summed E-state index contributed by atoms with van der Waals surface area (Å²) in [5, 5.41) is 62.5. The number of aryl methyl sites for hydroxylation is 1. The van der Waals surface area contributed by atoms with Crippen LogP contribution in [0, 0.1) is 5.92 Å². The number of nitrogens with two attached hydrogens (primary N) is 1. The number of morpholine rings is 1. The molecule has 0 spiro atoms. The van der Waals surface area contributed by atoms with Crippen LogP contribution >= 0.6 is 0 Å². The predicted octanol–water partition coefficient (Wildman–Crippen LogP) is 14.5. The minimum absolute atomic E-state index is 0.0204. The molecule has 7 saturated heterocycles. The number of hydrogen-bond acceptors (Lipinski definition) is 39. The number of piperidine rings is 1. The van der Waals surface area contributed by atoms with Crippen molar-refractivity contribution in [2.45, 2.75) is 319 Å². The second kappa shape index (κ2) is 55.2. The van der Waals surface area contributed by atoms with E-state index in [-0.39, 0.29) is 78.2 Å². The van der Waals surface area contributed by atoms with Crippen molar-refractivity contribution in [2.24, 2.45) is 5.92 Å². The molecule has 17 heterocycles. The number of aromatic nitrogens is 16. The molecular weight excluding hydrogens is 1900 g/mol. The average molecular weight is 2070 g/mol. The van der Waals surface area contributed by atoms with Gasteiger partial charge < -0.3 is 92.9 Å². The summed E-state index contributed by atoms with van der Waals surface area (Å²) < 4.78 is 53.6. The van der Waals surface area contributed by atoms with Crippen LogP contribution in [0.25, 0.3) is 0 Å². The Morgan fingerprint density at radius 3 is 1.54 bits per heavy atom. The third-order valence-electron chi connectivity index (χ3n) is 25.2. The van der Waals surface area contributed by atoms with Crippen molar-refractivity contribution in [2.75, 3.05) is 167 Å². The zero-order valence-corrected chi connectivity index (χ0v) is 94.0. The SMILES string of the molecule is CC(C)(C)c1c(CN2CCNCC2)noc1N.CC(C)(C)c1cc(CCC2CCNCC2)no1.CC(C)(C)c1conc1CN1CCNCC1.CC(C)(C)c1nc(CN2CCNCC2)no1.CC(C)(C)c1noc(C(=O)CCC2CCCN2)n1.CC(C)(C)c1noc(Cn2cccn2)n1.CC(C)(C)c1noc(N2CCOCC2)n1.CC(C)(C)c1noc(NC(=O)c2ccccc2)n1.CC(C)(C)c1oncc1C(=O)N1CCNCC1. The van der Waals surface area contributed by atoms with Crippen LogP contribution in [0.15, 0.2) is 108 Å². The average Bonchev–Trinajstić information content (AvgIpc) is 1.70. The number of Topliss-reactive ketones (excluding diaryl/α,β-unsaturated/α-hetero) is 1. The van der Waals surface area contributed by atoms with E-state index < -0.39 is 0 Å². The van der Waals surface area contributed by atoms with E-state index in [4.69, 9.17) is 51.2 Å². The summed E-state index contributed by atoms with van der Waals surface area (Å²) in [4.78, 5) is 68.6. The highest BCUT2D eigenvalue weighted by Crippen LogP contribution is 2.35. The number of anilines is 3. The van der Waals surface area contributed by atoms with Crippen molar-refractivity contribution < 1.29 is 59.8 Å². The number of nitrogen functional groups attached to an aromatic ring is 1. The first-order chi connectivity index (χ1) is 70.2. The maximum absolute atomic E-state index is 12.3. The number of carbonyl (C=O) groups excluding carboxylic acids is 3. The van der Waals surface area contributed by atoms with Crippen LogP contribution in [0.1, 0.15) is 344 Å². The fourth-order valence-corrected chi connectivity index (χ4v) is 16.3. The van der Waals surface area contributed by atoms with E-state index in [9.17, 15) is 14.4 Å². The zero-order valence-electron chi connectivity index (χ0n) is 94.0. The van der Waals surface area contributed by atoms with Crippen molar-refractivity contribution in [3.05, 3.63) is 165 Å². The minimum atomic E-state index is -0.264. The molecule has 11 aromatic rings. The topological polar surface area (TPSA) is 503 Å². The van der Waals surface area contributed by atoms with Gasteiger partial charge in [0, 0.05) is 216 Å². The summed E-state index contributed by atoms with van der Waals surface area (Å²) in [5.41, 5.74) is 11.9. The summed E-state index contributed by atoms with van der Waals surface area (Å²) >= 11 is 0. The number of amides is 2. The smallest absolute Gasteiger partial charge is 0.328 e. The van der Waals surface area contributed by atoms with E-state index in [0.29, 0.717) is 65.3 Å². The fourth-order valence-electron chi connectivity index (χ4n) is 16.3. The lowest BCUT2D eigenvalue weighted by molar-refractivity contribution is 0.0730. The maximum atomic E-state index is 12.3. The molecule has 7 fully saturated rings. The Morgan fingerprint density at radius 1 is 0.470 bits per heavy atom. The molecule has 824 valence electrons. The van der Waals surface area contributed by atoms with Crippen LogP contribution in [0.5, 0.6) is 0 Å². The van der Waals surface area contributed by atoms with Gasteiger partial charge in [0.15, 0.2) is 34.9 Å². The summed E-state index contributed by atoms with van der Waals surface area (Å²) in [6.45, 7) is 81.5. The van der Waals surface area contributed by atoms with Crippen LogP contribution in [0.4, 0.5) is 17.9 Å². The quantitative estimate of drug-likeness (QED) is 0.0349. The Bertz CT molecular complexity index is 5680. The summed E-state index contributed by atoms with van der Waals surface area (Å²) in [6.07, 6.45) is 15.5. The number of ether oxygens (including phenoxy) is 1. The van der Waals surface area contributed by atoms with Crippen LogP contribution in [0.3, 0.4) is 0 Å². The molecule has 1 unspecified atom stereocenters. The molecule has 42 heteroatoms. The van der Waals surface area contributed by atoms with Crippen LogP contribution in [-0.4, -0.2) is 275 Å². The standard InChI is InChI=1S/C14H24N2O.C13H21N3O2.C13H15N3O2.C12H22N4O.C12H19N3O2.C12H21N3O.C11H20N4O.C10H14N4O.C10H17N3O2/c1-14(2,3)13-10-12(16-17-13)5-4-11-6-8-15-9-7-11;1-13(2,3)12-15-11(18-16-12)10(17)7-6-9-5-4-8-14-9;1-13(2,3)11-15-12(18-16-11)14-10(17)9-7-5-4-6-8-9;1-12(2,3)10-9(15-17-11(10)13)8-16-6-4-14-5-7-16;1-12(2,3)10-9(8-14-17-10)11(16)15-6-4-13-5-7-15;1-12(2,3)10-9-16-14-11(10)8-15-6-4-13-5-7-15;1-11(2,3)10-13-9(14-16-10)8-15-6-4-12-5-7-15;1-10(2,3)9-12-8(15-13-9)7-14-6-4-5-11-14;1-10(2,3)8-11-9(15-12-8)13-4-6-14-7-5-13/h10-11,15H,4-9H2,1-3H3;9,14H,4-8H2,1-3H3;4-8H,1-3H3,(H,14,15,16,17);14H,4-8,13H2,1-3H3;8,13H,4-7H2,1-3H3;9,13H,4-8H2,1-3H3;12H,4-8H2,1-3H3;4-6H,7H2,1-3H3;4-7H2,1-3H3. The number of ketones is 1. The number of piperazine rings is 4. The summed E-state index contributed by atoms with van der Waals surface area (Å²) in [6, 6.07) is 14.1. The molecule has 149 heavy (non-hydrogen) atoms. The van der Waals surface area contributed by atoms with Gasteiger partial charge in [-0.05, 0) is 99.5 Å². The number of rotatable bonds is 19. The summed E-state index contributed by atoms with van der Waals surface area (Å²) in [7, 11) is 0. The lowest BCUT2D eigenvalue weighted by Gasteiger charge is -2.27. The van der Waals surface area contributed by atoms with Gasteiger partial charge >= 0.3 is 12.0 Å². The largest absolute Gasteiger partial charge is 0.378 e. The second-order valence-electron chi connectivity index (χ2n) is 48.0. The Hall–Kier alpha value is -11.2. The molecule has 9 N–H and O–H groups in total. The lowest BCUT2D eigenvalue weighted by Crippen LogP contribution is -2.46. The molecule has 18 rings (SSSR count). The highest BCUT2D eigenvalue weighted by Gasteiger charge is 2.35. The van der Waals surface area contributed by atoms with Gasteiger partial charge in [-0.3, -0.25) is 39.1 Å². The third-order valence-corrected chi connectivity index (χ3v) is 25.2. The summed E-state index contributed by atoms with van der Waals surface area (Å²) in [5.74, 6) is 7.59. The van der Waals surface area contributed by atoms with Gasteiger partial charge in [-0.1, -0.05) is 252 Å². The van der Waals surface area contributed by atoms with Gasteiger partial charge in [0.25, 0.3) is 17.7 Å². The third kappa shape index (κ3) is 39.8. The van der Waals surface area contributed by atoms with Gasteiger partial charge in [0.2, 0.25) is 23.4 Å². The Balaban J connectivity index is 0.000000171. The highest BCUT2D eigenvalue weighted by atomic mass is 16.5. The molecule has 42 nitrogen and oxygen atoms in total. The minimum Gasteiger partial charge on any atom is -0.378 e. The van der Waals surface area contributed by atoms with Crippen molar-refractivity contribution in [3.63, 3.8) is 0 Å². The van der Waals surface area contributed by atoms with Crippen molar-refractivity contribution in [1.29, 1.82) is 0 Å². The first-order valence-electron chi connectivity index (χ1n) is 52.9. The van der Waals surface area contributed by atoms with Gasteiger partial charge in [0.1, 0.15) is 35.5 Å². The van der Waals surface area contributed by atoms with Crippen molar-refractivity contribution >= 4 is 35.5 Å². The molecule has 2 amide bonds. The van der Waals surface area contributed by atoms with Gasteiger partial charge in [-0.15, -0.1) is 0 Å². The maximum Gasteiger partial charge on any atom is 0.328 e. The van der Waals surface area contributed by atoms with Gasteiger partial charge in [-0.25, -0.2) is 0 Å². The van der Waals surface area contributed by atoms with Crippen LogP contribution < -0.4 is 47.9 Å². The number of nitrogens with one attached hydrogen (secondary N) is 7. The molecule has 7 aliphatic heterocycles. The molecule has 10 aromatic heterocycles. The lowest BCUT2D eigenvalue weighted by atomic mass is 9.86. The Kier molecular flexibility index (Phi) is 44.3. The van der Waals surface area contributed by atoms with Crippen LogP contribution in [-0.2, 0) is 86.1 Å². The monoisotopic (exact) mass is 2070 g/mol. The van der Waals surface area contributed by atoms with E-state index in [2.05, 4.69) is 264 Å². The van der Waals surface area contributed by atoms with Crippen LogP contribution in [0.2, 0.25) is 0 Å². The molecular formula is C107H173N29O13. The predicted molar refractivity (Wildman–Crippen MR) is 571 cm³/mol. The van der Waals surface area contributed by atoms with E-state index >= 15 is 0 Å². The van der Waals surface area contributed by atoms with E-state index in [1.165, 1.54) is 50.5 Å². The second-order valence-corrected chi connectivity index (χ2v) is 48.0. The molecule has 7 aliphatic rings. The Labute approximate surface area is 880 Å². The molecule has 1 atom stereocenters. The van der Waals surface area contributed by atoms with E-state index in [1.807, 2.05) is 85.5 Å². The first kappa shape index (κ1) is 120. The first-order valence-corrected chi connectivity index (χ1v) is 52.9. The van der Waals surface area contributed by atoms with Gasteiger partial charge in [0.05, 0.1) is 31.6 Å². The zero-order chi connectivity index (χ0) is 109. The molecule has 0 aliphatic carbocycles.